The van der Waals surface area contributed by atoms with Gasteiger partial charge in [0.1, 0.15) is 5.82 Å². The summed E-state index contributed by atoms with van der Waals surface area (Å²) in [5.41, 5.74) is -1.62. The zero-order valence-electron chi connectivity index (χ0n) is 11.3. The molecule has 1 aliphatic heterocycles. The van der Waals surface area contributed by atoms with Gasteiger partial charge in [-0.1, -0.05) is 6.42 Å². The Morgan fingerprint density at radius 2 is 2.10 bits per heavy atom. The monoisotopic (exact) mass is 304 g/mol. The first-order chi connectivity index (χ1) is 9.88. The molecule has 1 fully saturated rings. The maximum absolute atomic E-state index is 13.5. The molecule has 2 rings (SSSR count). The van der Waals surface area contributed by atoms with Crippen LogP contribution in [0, 0.1) is 5.82 Å². The zero-order chi connectivity index (χ0) is 15.5. The van der Waals surface area contributed by atoms with Crippen molar-refractivity contribution in [2.75, 3.05) is 13.1 Å². The standard InChI is InChI=1S/C14H16F4N2O/c15-12-5-4-9(14(16,17)18)7-11(12)13(21)20-8-10-3-1-2-6-19-10/h4-5,7,10,19H,1-3,6,8H2,(H,20,21). The van der Waals surface area contributed by atoms with E-state index in [2.05, 4.69) is 10.6 Å². The maximum Gasteiger partial charge on any atom is 0.416 e. The van der Waals surface area contributed by atoms with Crippen LogP contribution in [-0.2, 0) is 6.18 Å². The van der Waals surface area contributed by atoms with Crippen molar-refractivity contribution < 1.29 is 22.4 Å². The Hall–Kier alpha value is -1.63. The van der Waals surface area contributed by atoms with E-state index in [-0.39, 0.29) is 12.6 Å². The smallest absolute Gasteiger partial charge is 0.350 e. The number of halogens is 4. The van der Waals surface area contributed by atoms with Crippen LogP contribution in [0.4, 0.5) is 17.6 Å². The van der Waals surface area contributed by atoms with Gasteiger partial charge in [0.25, 0.3) is 5.91 Å². The average molecular weight is 304 g/mol. The molecule has 1 unspecified atom stereocenters. The number of carbonyl (C=O) groups is 1. The van der Waals surface area contributed by atoms with Crippen molar-refractivity contribution in [3.63, 3.8) is 0 Å². The van der Waals surface area contributed by atoms with Crippen LogP contribution in [0.15, 0.2) is 18.2 Å². The van der Waals surface area contributed by atoms with Gasteiger partial charge in [0, 0.05) is 12.6 Å². The summed E-state index contributed by atoms with van der Waals surface area (Å²) in [6, 6.07) is 1.90. The Kier molecular flexibility index (Phi) is 4.82. The van der Waals surface area contributed by atoms with Crippen LogP contribution in [0.5, 0.6) is 0 Å². The lowest BCUT2D eigenvalue weighted by Crippen LogP contribution is -2.43. The van der Waals surface area contributed by atoms with Crippen LogP contribution >= 0.6 is 0 Å². The van der Waals surface area contributed by atoms with E-state index in [1.165, 1.54) is 0 Å². The number of piperidine rings is 1. The number of hydrogen-bond acceptors (Lipinski definition) is 2. The molecule has 1 aromatic rings. The van der Waals surface area contributed by atoms with E-state index in [0.29, 0.717) is 18.2 Å². The van der Waals surface area contributed by atoms with Crippen LogP contribution in [0.2, 0.25) is 0 Å². The predicted octanol–water partition coefficient (Wildman–Crippen LogP) is 2.72. The Bertz CT molecular complexity index is 510. The van der Waals surface area contributed by atoms with E-state index < -0.39 is 29.0 Å². The number of benzene rings is 1. The van der Waals surface area contributed by atoms with Crippen LogP contribution in [0.1, 0.15) is 35.2 Å². The van der Waals surface area contributed by atoms with E-state index in [9.17, 15) is 22.4 Å². The van der Waals surface area contributed by atoms with Gasteiger partial charge in [-0.2, -0.15) is 13.2 Å². The van der Waals surface area contributed by atoms with Crippen molar-refractivity contribution in [2.45, 2.75) is 31.5 Å². The summed E-state index contributed by atoms with van der Waals surface area (Å²) in [5.74, 6) is -1.79. The van der Waals surface area contributed by atoms with E-state index >= 15 is 0 Å². The normalized spacial score (nSPS) is 19.3. The Morgan fingerprint density at radius 3 is 2.71 bits per heavy atom. The summed E-state index contributed by atoms with van der Waals surface area (Å²) < 4.78 is 51.3. The van der Waals surface area contributed by atoms with Crippen molar-refractivity contribution >= 4 is 5.91 Å². The van der Waals surface area contributed by atoms with Crippen LogP contribution in [-0.4, -0.2) is 25.0 Å². The lowest BCUT2D eigenvalue weighted by molar-refractivity contribution is -0.137. The number of carbonyl (C=O) groups excluding carboxylic acids is 1. The van der Waals surface area contributed by atoms with Gasteiger partial charge in [-0.3, -0.25) is 4.79 Å². The van der Waals surface area contributed by atoms with Gasteiger partial charge in [-0.25, -0.2) is 4.39 Å². The Labute approximate surface area is 119 Å². The highest BCUT2D eigenvalue weighted by Crippen LogP contribution is 2.30. The number of rotatable bonds is 3. The number of amides is 1. The van der Waals surface area contributed by atoms with Crippen LogP contribution in [0.3, 0.4) is 0 Å². The molecular formula is C14H16F4N2O. The minimum absolute atomic E-state index is 0.0801. The summed E-state index contributed by atoms with van der Waals surface area (Å²) in [5, 5.41) is 5.67. The summed E-state index contributed by atoms with van der Waals surface area (Å²) in [7, 11) is 0. The molecule has 116 valence electrons. The summed E-state index contributed by atoms with van der Waals surface area (Å²) in [6.07, 6.45) is -1.63. The number of hydrogen-bond donors (Lipinski definition) is 2. The first-order valence-electron chi connectivity index (χ1n) is 6.76. The van der Waals surface area contributed by atoms with Gasteiger partial charge in [0.15, 0.2) is 0 Å². The van der Waals surface area contributed by atoms with E-state index in [4.69, 9.17) is 0 Å². The molecule has 21 heavy (non-hydrogen) atoms. The lowest BCUT2D eigenvalue weighted by Gasteiger charge is -2.23. The molecule has 0 aliphatic carbocycles. The Balaban J connectivity index is 2.04. The largest absolute Gasteiger partial charge is 0.416 e. The molecule has 0 spiro atoms. The Morgan fingerprint density at radius 1 is 1.33 bits per heavy atom. The summed E-state index contributed by atoms with van der Waals surface area (Å²) >= 11 is 0. The molecular weight excluding hydrogens is 288 g/mol. The quantitative estimate of drug-likeness (QED) is 0.843. The van der Waals surface area contributed by atoms with Crippen molar-refractivity contribution in [3.05, 3.63) is 35.1 Å². The highest BCUT2D eigenvalue weighted by molar-refractivity contribution is 5.94. The highest BCUT2D eigenvalue weighted by atomic mass is 19.4. The zero-order valence-corrected chi connectivity index (χ0v) is 11.3. The molecule has 7 heteroatoms. The van der Waals surface area contributed by atoms with Crippen molar-refractivity contribution in [3.8, 4) is 0 Å². The third-order valence-electron chi connectivity index (χ3n) is 3.46. The fraction of sp³-hybridized carbons (Fsp3) is 0.500. The van der Waals surface area contributed by atoms with Crippen LogP contribution < -0.4 is 10.6 Å². The predicted molar refractivity (Wildman–Crippen MR) is 69.4 cm³/mol. The number of alkyl halides is 3. The van der Waals surface area contributed by atoms with E-state index in [1.807, 2.05) is 0 Å². The molecule has 0 aromatic heterocycles. The average Bonchev–Trinajstić information content (AvgIpc) is 2.45. The molecule has 1 aliphatic rings. The highest BCUT2D eigenvalue weighted by Gasteiger charge is 2.32. The van der Waals surface area contributed by atoms with Gasteiger partial charge >= 0.3 is 6.18 Å². The van der Waals surface area contributed by atoms with E-state index in [0.717, 1.165) is 25.8 Å². The lowest BCUT2D eigenvalue weighted by atomic mass is 10.0. The summed E-state index contributed by atoms with van der Waals surface area (Å²) in [6.45, 7) is 1.12. The van der Waals surface area contributed by atoms with Crippen molar-refractivity contribution in [1.29, 1.82) is 0 Å². The molecule has 2 N–H and O–H groups in total. The first kappa shape index (κ1) is 15.8. The topological polar surface area (TPSA) is 41.1 Å². The SMILES string of the molecule is O=C(NCC1CCCCN1)c1cc(C(F)(F)F)ccc1F. The molecule has 3 nitrogen and oxygen atoms in total. The van der Waals surface area contributed by atoms with Crippen molar-refractivity contribution in [1.82, 2.24) is 10.6 Å². The molecule has 1 heterocycles. The van der Waals surface area contributed by atoms with Gasteiger partial charge < -0.3 is 10.6 Å². The molecule has 0 bridgehead atoms. The fourth-order valence-electron chi connectivity index (χ4n) is 2.28. The van der Waals surface area contributed by atoms with Gasteiger partial charge in [0.2, 0.25) is 0 Å². The summed E-state index contributed by atoms with van der Waals surface area (Å²) in [4.78, 5) is 11.8. The second-order valence-electron chi connectivity index (χ2n) is 5.05. The molecule has 0 radical (unpaired) electrons. The third kappa shape index (κ3) is 4.17. The first-order valence-corrected chi connectivity index (χ1v) is 6.76. The van der Waals surface area contributed by atoms with Crippen molar-refractivity contribution in [2.24, 2.45) is 0 Å². The van der Waals surface area contributed by atoms with Gasteiger partial charge in [0.05, 0.1) is 11.1 Å². The minimum Gasteiger partial charge on any atom is -0.350 e. The van der Waals surface area contributed by atoms with Gasteiger partial charge in [-0.15, -0.1) is 0 Å². The van der Waals surface area contributed by atoms with E-state index in [1.54, 1.807) is 0 Å². The molecule has 1 amide bonds. The molecule has 0 saturated carbocycles. The van der Waals surface area contributed by atoms with Crippen LogP contribution in [0.25, 0.3) is 0 Å². The molecule has 1 aromatic carbocycles. The third-order valence-corrected chi connectivity index (χ3v) is 3.46. The van der Waals surface area contributed by atoms with Gasteiger partial charge in [-0.05, 0) is 37.6 Å². The fourth-order valence-corrected chi connectivity index (χ4v) is 2.28. The second-order valence-corrected chi connectivity index (χ2v) is 5.05. The second kappa shape index (κ2) is 6.43. The molecule has 1 atom stereocenters. The maximum atomic E-state index is 13.5. The number of nitrogens with one attached hydrogen (secondary N) is 2. The molecule has 1 saturated heterocycles. The minimum atomic E-state index is -4.60.